The van der Waals surface area contributed by atoms with Gasteiger partial charge in [0.2, 0.25) is 11.7 Å². The average Bonchev–Trinajstić information content (AvgIpc) is 2.77. The molecule has 1 aromatic heterocycles. The minimum atomic E-state index is -0.247. The van der Waals surface area contributed by atoms with Gasteiger partial charge in [0, 0.05) is 5.56 Å². The van der Waals surface area contributed by atoms with Gasteiger partial charge in [-0.1, -0.05) is 31.1 Å². The van der Waals surface area contributed by atoms with Crippen molar-refractivity contribution in [3.05, 3.63) is 30.2 Å². The first kappa shape index (κ1) is 12.6. The third kappa shape index (κ3) is 2.87. The predicted molar refractivity (Wildman–Crippen MR) is 67.8 cm³/mol. The maximum Gasteiger partial charge on any atom is 0.243 e. The number of nitrogens with zero attached hydrogens (tertiary/aromatic N) is 2. The third-order valence-corrected chi connectivity index (χ3v) is 2.59. The highest BCUT2D eigenvalue weighted by Gasteiger charge is 2.16. The first-order chi connectivity index (χ1) is 8.56. The Hall–Kier alpha value is -1.88. The number of phenols is 1. The molecule has 0 radical (unpaired) electrons. The summed E-state index contributed by atoms with van der Waals surface area (Å²) in [5.41, 5.74) is 6.68. The minimum Gasteiger partial charge on any atom is -0.508 e. The van der Waals surface area contributed by atoms with E-state index in [0.717, 1.165) is 6.42 Å². The fourth-order valence-electron chi connectivity index (χ4n) is 1.76. The molecule has 0 amide bonds. The van der Waals surface area contributed by atoms with Gasteiger partial charge in [-0.3, -0.25) is 0 Å². The Morgan fingerprint density at radius 2 is 2.17 bits per heavy atom. The van der Waals surface area contributed by atoms with Crippen LogP contribution in [0.1, 0.15) is 32.2 Å². The summed E-state index contributed by atoms with van der Waals surface area (Å²) in [6.07, 6.45) is 0.793. The summed E-state index contributed by atoms with van der Waals surface area (Å²) in [6.45, 7) is 4.18. The molecule has 1 atom stereocenters. The lowest BCUT2D eigenvalue weighted by Crippen LogP contribution is -2.13. The van der Waals surface area contributed by atoms with Gasteiger partial charge in [-0.25, -0.2) is 0 Å². The van der Waals surface area contributed by atoms with Crippen LogP contribution in [0.25, 0.3) is 11.4 Å². The van der Waals surface area contributed by atoms with E-state index >= 15 is 0 Å². The molecule has 0 aliphatic rings. The quantitative estimate of drug-likeness (QED) is 0.867. The van der Waals surface area contributed by atoms with Gasteiger partial charge in [-0.05, 0) is 24.5 Å². The standard InChI is InChI=1S/C13H17N3O2/c1-8(2)6-11(14)13-15-12(16-18-13)9-4-3-5-10(17)7-9/h3-5,7-8,11,17H,6,14H2,1-2H3/t11-/m1/s1. The van der Waals surface area contributed by atoms with Crippen LogP contribution in [0.3, 0.4) is 0 Å². The highest BCUT2D eigenvalue weighted by molar-refractivity contribution is 5.56. The second-order valence-corrected chi connectivity index (χ2v) is 4.74. The molecule has 18 heavy (non-hydrogen) atoms. The molecule has 1 aromatic carbocycles. The number of hydrogen-bond donors (Lipinski definition) is 2. The zero-order chi connectivity index (χ0) is 13.1. The lowest BCUT2D eigenvalue weighted by molar-refractivity contribution is 0.335. The molecule has 0 aliphatic carbocycles. The van der Waals surface area contributed by atoms with Crippen molar-refractivity contribution in [1.82, 2.24) is 10.1 Å². The monoisotopic (exact) mass is 247 g/mol. The lowest BCUT2D eigenvalue weighted by Gasteiger charge is -2.08. The molecular weight excluding hydrogens is 230 g/mol. The summed E-state index contributed by atoms with van der Waals surface area (Å²) < 4.78 is 5.15. The van der Waals surface area contributed by atoms with E-state index < -0.39 is 0 Å². The number of aromatic nitrogens is 2. The summed E-state index contributed by atoms with van der Waals surface area (Å²) in [6, 6.07) is 6.47. The zero-order valence-corrected chi connectivity index (χ0v) is 10.5. The van der Waals surface area contributed by atoms with Gasteiger partial charge in [0.1, 0.15) is 5.75 Å². The van der Waals surface area contributed by atoms with Crippen molar-refractivity contribution in [3.63, 3.8) is 0 Å². The Balaban J connectivity index is 2.20. The molecule has 0 unspecified atom stereocenters. The molecule has 1 heterocycles. The van der Waals surface area contributed by atoms with E-state index in [9.17, 15) is 5.11 Å². The van der Waals surface area contributed by atoms with Crippen LogP contribution in [-0.2, 0) is 0 Å². The number of nitrogens with two attached hydrogens (primary N) is 1. The number of phenolic OH excluding ortho intramolecular Hbond substituents is 1. The van der Waals surface area contributed by atoms with Gasteiger partial charge in [0.25, 0.3) is 0 Å². The largest absolute Gasteiger partial charge is 0.508 e. The summed E-state index contributed by atoms with van der Waals surface area (Å²) >= 11 is 0. The summed E-state index contributed by atoms with van der Waals surface area (Å²) in [5, 5.41) is 13.3. The van der Waals surface area contributed by atoms with Crippen LogP contribution in [0.5, 0.6) is 5.75 Å². The van der Waals surface area contributed by atoms with Crippen LogP contribution in [-0.4, -0.2) is 15.2 Å². The molecule has 0 aliphatic heterocycles. The van der Waals surface area contributed by atoms with Crippen molar-refractivity contribution in [2.24, 2.45) is 11.7 Å². The molecule has 5 heteroatoms. The third-order valence-electron chi connectivity index (χ3n) is 2.59. The van der Waals surface area contributed by atoms with E-state index in [1.807, 2.05) is 6.07 Å². The maximum atomic E-state index is 9.40. The first-order valence-corrected chi connectivity index (χ1v) is 5.95. The predicted octanol–water partition coefficient (Wildman–Crippen LogP) is 2.49. The molecule has 0 spiro atoms. The van der Waals surface area contributed by atoms with Crippen molar-refractivity contribution < 1.29 is 9.63 Å². The molecule has 2 rings (SSSR count). The second kappa shape index (κ2) is 5.18. The highest BCUT2D eigenvalue weighted by atomic mass is 16.5. The summed E-state index contributed by atoms with van der Waals surface area (Å²) in [5.74, 6) is 1.52. The van der Waals surface area contributed by atoms with Crippen LogP contribution in [0, 0.1) is 5.92 Å². The van der Waals surface area contributed by atoms with Gasteiger partial charge >= 0.3 is 0 Å². The molecule has 5 nitrogen and oxygen atoms in total. The van der Waals surface area contributed by atoms with Crippen molar-refractivity contribution in [2.75, 3.05) is 0 Å². The van der Waals surface area contributed by atoms with Crippen LogP contribution in [0.2, 0.25) is 0 Å². The molecular formula is C13H17N3O2. The van der Waals surface area contributed by atoms with Crippen molar-refractivity contribution in [2.45, 2.75) is 26.3 Å². The van der Waals surface area contributed by atoms with Gasteiger partial charge < -0.3 is 15.4 Å². The van der Waals surface area contributed by atoms with E-state index in [0.29, 0.717) is 23.2 Å². The molecule has 96 valence electrons. The van der Waals surface area contributed by atoms with Crippen molar-refractivity contribution in [3.8, 4) is 17.1 Å². The number of rotatable bonds is 4. The Bertz CT molecular complexity index is 522. The molecule has 0 fully saturated rings. The van der Waals surface area contributed by atoms with E-state index in [-0.39, 0.29) is 11.8 Å². The zero-order valence-electron chi connectivity index (χ0n) is 10.5. The van der Waals surface area contributed by atoms with E-state index in [1.165, 1.54) is 0 Å². The van der Waals surface area contributed by atoms with Gasteiger partial charge in [-0.2, -0.15) is 4.98 Å². The number of benzene rings is 1. The smallest absolute Gasteiger partial charge is 0.243 e. The van der Waals surface area contributed by atoms with Crippen LogP contribution in [0.15, 0.2) is 28.8 Å². The fraction of sp³-hybridized carbons (Fsp3) is 0.385. The highest BCUT2D eigenvalue weighted by Crippen LogP contribution is 2.23. The average molecular weight is 247 g/mol. The first-order valence-electron chi connectivity index (χ1n) is 5.95. The second-order valence-electron chi connectivity index (χ2n) is 4.74. The Morgan fingerprint density at radius 3 is 2.83 bits per heavy atom. The van der Waals surface area contributed by atoms with Gasteiger partial charge in [0.15, 0.2) is 0 Å². The Kier molecular flexibility index (Phi) is 3.62. The molecule has 3 N–H and O–H groups in total. The van der Waals surface area contributed by atoms with Crippen molar-refractivity contribution >= 4 is 0 Å². The van der Waals surface area contributed by atoms with Crippen molar-refractivity contribution in [1.29, 1.82) is 0 Å². The van der Waals surface area contributed by atoms with Gasteiger partial charge in [0.05, 0.1) is 6.04 Å². The molecule has 2 aromatic rings. The van der Waals surface area contributed by atoms with Crippen LogP contribution in [0.4, 0.5) is 0 Å². The molecule has 0 bridgehead atoms. The summed E-state index contributed by atoms with van der Waals surface area (Å²) in [4.78, 5) is 4.26. The number of hydrogen-bond acceptors (Lipinski definition) is 5. The van der Waals surface area contributed by atoms with Gasteiger partial charge in [-0.15, -0.1) is 0 Å². The van der Waals surface area contributed by atoms with Crippen LogP contribution < -0.4 is 5.73 Å². The summed E-state index contributed by atoms with van der Waals surface area (Å²) in [7, 11) is 0. The normalized spacial score (nSPS) is 12.9. The molecule has 0 saturated carbocycles. The van der Waals surface area contributed by atoms with Crippen LogP contribution >= 0.6 is 0 Å². The lowest BCUT2D eigenvalue weighted by atomic mass is 10.0. The Labute approximate surface area is 106 Å². The topological polar surface area (TPSA) is 85.2 Å². The molecule has 0 saturated heterocycles. The van der Waals surface area contributed by atoms with E-state index in [4.69, 9.17) is 10.3 Å². The van der Waals surface area contributed by atoms with E-state index in [2.05, 4.69) is 24.0 Å². The SMILES string of the molecule is CC(C)C[C@@H](N)c1nc(-c2cccc(O)c2)no1. The minimum absolute atomic E-state index is 0.172. The number of aromatic hydroxyl groups is 1. The Morgan fingerprint density at radius 1 is 1.39 bits per heavy atom. The maximum absolute atomic E-state index is 9.40. The fourth-order valence-corrected chi connectivity index (χ4v) is 1.76. The van der Waals surface area contributed by atoms with E-state index in [1.54, 1.807) is 18.2 Å².